The summed E-state index contributed by atoms with van der Waals surface area (Å²) in [4.78, 5) is 16.2. The van der Waals surface area contributed by atoms with Gasteiger partial charge < -0.3 is 18.6 Å². The smallest absolute Gasteiger partial charge is 0.161 e. The Morgan fingerprint density at radius 1 is 1.06 bits per heavy atom. The highest BCUT2D eigenvalue weighted by Crippen LogP contribution is 2.38. The van der Waals surface area contributed by atoms with E-state index >= 15 is 0 Å². The van der Waals surface area contributed by atoms with Gasteiger partial charge in [0.15, 0.2) is 11.4 Å². The van der Waals surface area contributed by atoms with Gasteiger partial charge in [0.2, 0.25) is 0 Å². The molecule has 7 heteroatoms. The van der Waals surface area contributed by atoms with Crippen LogP contribution in [0.4, 0.5) is 0 Å². The Balaban J connectivity index is 1.53. The Bertz CT molecular complexity index is 1440. The Morgan fingerprint density at radius 3 is 2.63 bits per heavy atom. The summed E-state index contributed by atoms with van der Waals surface area (Å²) in [6.07, 6.45) is 3.38. The summed E-state index contributed by atoms with van der Waals surface area (Å²) in [5.41, 5.74) is 4.67. The van der Waals surface area contributed by atoms with E-state index < -0.39 is 0 Å². The van der Waals surface area contributed by atoms with Crippen LogP contribution < -0.4 is 9.47 Å². The number of carbonyl (C=O) groups excluding carboxylic acids is 1. The minimum absolute atomic E-state index is 0.0408. The van der Waals surface area contributed by atoms with Crippen molar-refractivity contribution in [1.82, 2.24) is 4.98 Å². The van der Waals surface area contributed by atoms with E-state index in [4.69, 9.17) is 18.6 Å². The zero-order valence-corrected chi connectivity index (χ0v) is 19.5. The Hall–Kier alpha value is -4.15. The summed E-state index contributed by atoms with van der Waals surface area (Å²) in [7, 11) is 1.56. The minimum Gasteiger partial charge on any atom is -0.496 e. The molecule has 0 radical (unpaired) electrons. The maximum Gasteiger partial charge on any atom is 0.161 e. The van der Waals surface area contributed by atoms with E-state index in [0.29, 0.717) is 52.7 Å². The predicted molar refractivity (Wildman–Crippen MR) is 131 cm³/mol. The van der Waals surface area contributed by atoms with Gasteiger partial charge in [0, 0.05) is 36.2 Å². The van der Waals surface area contributed by atoms with E-state index in [0.717, 1.165) is 29.5 Å². The van der Waals surface area contributed by atoms with E-state index in [2.05, 4.69) is 11.1 Å². The van der Waals surface area contributed by atoms with Gasteiger partial charge in [0.25, 0.3) is 0 Å². The molecule has 2 aromatic carbocycles. The van der Waals surface area contributed by atoms with Crippen molar-refractivity contribution in [3.8, 4) is 40.0 Å². The number of furan rings is 1. The molecule has 3 heterocycles. The van der Waals surface area contributed by atoms with Crippen LogP contribution in [0, 0.1) is 11.3 Å². The molecule has 1 aliphatic heterocycles. The molecular weight excluding hydrogens is 444 g/mol. The van der Waals surface area contributed by atoms with E-state index in [9.17, 15) is 10.1 Å². The summed E-state index contributed by atoms with van der Waals surface area (Å²) in [5.74, 6) is 1.65. The number of carbonyl (C=O) groups is 1. The maximum absolute atomic E-state index is 11.8. The highest BCUT2D eigenvalue weighted by atomic mass is 16.5. The van der Waals surface area contributed by atoms with E-state index in [-0.39, 0.29) is 11.9 Å². The number of hydrogen-bond acceptors (Lipinski definition) is 7. The number of hydrogen-bond donors (Lipinski definition) is 0. The van der Waals surface area contributed by atoms with Crippen LogP contribution in [0.25, 0.3) is 33.6 Å². The summed E-state index contributed by atoms with van der Waals surface area (Å²) in [6, 6.07) is 16.8. The van der Waals surface area contributed by atoms with Gasteiger partial charge in [-0.3, -0.25) is 9.78 Å². The fourth-order valence-electron chi connectivity index (χ4n) is 4.27. The van der Waals surface area contributed by atoms with Crippen LogP contribution in [-0.2, 0) is 4.74 Å². The number of ketones is 1. The molecule has 0 amide bonds. The van der Waals surface area contributed by atoms with Crippen LogP contribution in [0.3, 0.4) is 0 Å². The average molecular weight is 469 g/mol. The van der Waals surface area contributed by atoms with Crippen LogP contribution >= 0.6 is 0 Å². The zero-order chi connectivity index (χ0) is 24.4. The Morgan fingerprint density at radius 2 is 1.89 bits per heavy atom. The lowest BCUT2D eigenvalue weighted by Crippen LogP contribution is -2.26. The molecule has 1 aliphatic rings. The summed E-state index contributed by atoms with van der Waals surface area (Å²) in [6.45, 7) is 2.85. The quantitative estimate of drug-likeness (QED) is 0.330. The molecule has 0 saturated carbocycles. The Labute approximate surface area is 202 Å². The van der Waals surface area contributed by atoms with Crippen molar-refractivity contribution in [2.75, 3.05) is 20.3 Å². The molecule has 0 spiro atoms. The molecule has 0 unspecified atom stereocenters. The first-order valence-corrected chi connectivity index (χ1v) is 11.4. The molecular formula is C28H24N2O5. The van der Waals surface area contributed by atoms with Crippen molar-refractivity contribution in [1.29, 1.82) is 5.26 Å². The van der Waals surface area contributed by atoms with Crippen molar-refractivity contribution >= 4 is 16.9 Å². The fraction of sp³-hybridized carbons (Fsp3) is 0.250. The first-order valence-electron chi connectivity index (χ1n) is 11.4. The number of ether oxygens (including phenoxy) is 3. The van der Waals surface area contributed by atoms with Crippen LogP contribution in [0.5, 0.6) is 11.5 Å². The number of rotatable bonds is 6. The summed E-state index contributed by atoms with van der Waals surface area (Å²) in [5, 5.41) is 9.78. The second-order valence-corrected chi connectivity index (χ2v) is 8.41. The topological polar surface area (TPSA) is 94.6 Å². The van der Waals surface area contributed by atoms with Crippen molar-refractivity contribution < 1.29 is 23.4 Å². The molecule has 0 aliphatic carbocycles. The first kappa shape index (κ1) is 22.6. The average Bonchev–Trinajstić information content (AvgIpc) is 3.33. The second-order valence-electron chi connectivity index (χ2n) is 8.41. The molecule has 5 rings (SSSR count). The van der Waals surface area contributed by atoms with Crippen molar-refractivity contribution in [2.45, 2.75) is 25.9 Å². The number of fused-ring (bicyclic) bond motifs is 1. The van der Waals surface area contributed by atoms with Gasteiger partial charge >= 0.3 is 0 Å². The lowest BCUT2D eigenvalue weighted by atomic mass is 10.0. The van der Waals surface area contributed by atoms with E-state index in [1.165, 1.54) is 6.92 Å². The van der Waals surface area contributed by atoms with Gasteiger partial charge in [-0.05, 0) is 42.8 Å². The molecule has 0 N–H and O–H groups in total. The van der Waals surface area contributed by atoms with Crippen molar-refractivity contribution in [3.63, 3.8) is 0 Å². The Kier molecular flexibility index (Phi) is 6.21. The lowest BCUT2D eigenvalue weighted by molar-refractivity contribution is 0.0254. The molecule has 176 valence electrons. The van der Waals surface area contributed by atoms with Gasteiger partial charge in [-0.25, -0.2) is 0 Å². The largest absolute Gasteiger partial charge is 0.496 e. The van der Waals surface area contributed by atoms with E-state index in [1.807, 2.05) is 36.4 Å². The van der Waals surface area contributed by atoms with Crippen LogP contribution in [-0.4, -0.2) is 37.2 Å². The molecule has 35 heavy (non-hydrogen) atoms. The number of benzene rings is 2. The maximum atomic E-state index is 11.8. The molecule has 1 fully saturated rings. The number of nitriles is 1. The van der Waals surface area contributed by atoms with Crippen LogP contribution in [0.1, 0.15) is 35.7 Å². The van der Waals surface area contributed by atoms with Gasteiger partial charge in [-0.15, -0.1) is 0 Å². The third-order valence-corrected chi connectivity index (χ3v) is 6.16. The number of nitrogens with zero attached hydrogens (tertiary/aromatic N) is 2. The fourth-order valence-corrected chi connectivity index (χ4v) is 4.27. The van der Waals surface area contributed by atoms with Gasteiger partial charge in [-0.2, -0.15) is 5.26 Å². The lowest BCUT2D eigenvalue weighted by Gasteiger charge is -2.23. The third-order valence-electron chi connectivity index (χ3n) is 6.16. The number of aromatic nitrogens is 1. The number of pyridine rings is 1. The molecule has 7 nitrogen and oxygen atoms in total. The molecule has 4 aromatic rings. The highest BCUT2D eigenvalue weighted by Gasteiger charge is 2.19. The minimum atomic E-state index is -0.0408. The number of methoxy groups -OCH3 is 1. The van der Waals surface area contributed by atoms with Crippen molar-refractivity contribution in [2.24, 2.45) is 0 Å². The van der Waals surface area contributed by atoms with Gasteiger partial charge in [0.1, 0.15) is 34.9 Å². The standard InChI is InChI=1S/C28H24N2O5/c1-17(31)18-3-5-23(26(14-18)32-2)27-15-24-28(35-27)22(7-10-30-24)19-4-6-25(20(13-19)16-29)34-21-8-11-33-12-9-21/h3-7,10,13-15,21H,8-9,11-12H2,1-2H3. The zero-order valence-electron chi connectivity index (χ0n) is 19.5. The second kappa shape index (κ2) is 9.61. The van der Waals surface area contributed by atoms with Gasteiger partial charge in [0.05, 0.1) is 31.5 Å². The van der Waals surface area contributed by atoms with Crippen molar-refractivity contribution in [3.05, 3.63) is 65.9 Å². The number of Topliss-reactive ketones (excluding diaryl/α,β-unsaturated/α-hetero) is 1. The van der Waals surface area contributed by atoms with E-state index in [1.54, 1.807) is 25.4 Å². The first-order chi connectivity index (χ1) is 17.1. The molecule has 0 bridgehead atoms. The molecule has 2 aromatic heterocycles. The molecule has 0 atom stereocenters. The summed E-state index contributed by atoms with van der Waals surface area (Å²) >= 11 is 0. The third kappa shape index (κ3) is 4.48. The highest BCUT2D eigenvalue weighted by molar-refractivity contribution is 5.96. The molecule has 1 saturated heterocycles. The summed E-state index contributed by atoms with van der Waals surface area (Å²) < 4.78 is 23.3. The van der Waals surface area contributed by atoms with Crippen LogP contribution in [0.15, 0.2) is 59.1 Å². The normalized spacial score (nSPS) is 14.0. The van der Waals surface area contributed by atoms with Crippen LogP contribution in [0.2, 0.25) is 0 Å². The SMILES string of the molecule is COc1cc(C(C)=O)ccc1-c1cc2nccc(-c3ccc(OC4CCOCC4)c(C#N)c3)c2o1. The van der Waals surface area contributed by atoms with Gasteiger partial charge in [-0.1, -0.05) is 12.1 Å². The predicted octanol–water partition coefficient (Wildman–Crippen LogP) is 5.80. The monoisotopic (exact) mass is 468 g/mol.